The zero-order valence-electron chi connectivity index (χ0n) is 13.7. The van der Waals surface area contributed by atoms with Crippen LogP contribution in [-0.2, 0) is 4.79 Å². The molecule has 1 heterocycles. The van der Waals surface area contributed by atoms with Crippen LogP contribution in [0.1, 0.15) is 52.5 Å². The minimum absolute atomic E-state index is 0.0459. The van der Waals surface area contributed by atoms with Gasteiger partial charge in [0, 0.05) is 31.1 Å². The lowest BCUT2D eigenvalue weighted by molar-refractivity contribution is -0.121. The Labute approximate surface area is 127 Å². The van der Waals surface area contributed by atoms with Crippen molar-refractivity contribution in [1.82, 2.24) is 15.3 Å². The molecule has 6 heteroatoms. The van der Waals surface area contributed by atoms with Crippen LogP contribution in [0.2, 0.25) is 0 Å². The summed E-state index contributed by atoms with van der Waals surface area (Å²) in [5.41, 5.74) is 1.06. The molecule has 0 fully saturated rings. The number of carbonyl (C=O) groups excluding carboxylic acids is 1. The van der Waals surface area contributed by atoms with E-state index in [4.69, 9.17) is 0 Å². The monoisotopic (exact) mass is 293 g/mol. The summed E-state index contributed by atoms with van der Waals surface area (Å²) >= 11 is 0. The number of anilines is 2. The molecule has 0 aromatic carbocycles. The van der Waals surface area contributed by atoms with E-state index < -0.39 is 0 Å². The average Bonchev–Trinajstić information content (AvgIpc) is 2.38. The predicted octanol–water partition coefficient (Wildman–Crippen LogP) is 2.36. The third kappa shape index (κ3) is 5.57. The highest BCUT2D eigenvalue weighted by atomic mass is 16.1. The van der Waals surface area contributed by atoms with E-state index in [0.29, 0.717) is 18.9 Å². The molecule has 0 aliphatic carbocycles. The summed E-state index contributed by atoms with van der Waals surface area (Å²) < 4.78 is 0. The molecule has 21 heavy (non-hydrogen) atoms. The first-order chi connectivity index (χ1) is 9.95. The Balaban J connectivity index is 2.70. The Bertz CT molecular complexity index is 459. The zero-order valence-corrected chi connectivity index (χ0v) is 13.7. The zero-order chi connectivity index (χ0) is 15.8. The van der Waals surface area contributed by atoms with Gasteiger partial charge < -0.3 is 16.0 Å². The lowest BCUT2D eigenvalue weighted by Gasteiger charge is -2.17. The van der Waals surface area contributed by atoms with Crippen molar-refractivity contribution in [2.75, 3.05) is 23.7 Å². The molecular formula is C15H27N5O. The van der Waals surface area contributed by atoms with Gasteiger partial charge in [0.2, 0.25) is 5.91 Å². The normalized spacial score (nSPS) is 10.8. The van der Waals surface area contributed by atoms with Crippen molar-refractivity contribution in [2.45, 2.75) is 53.0 Å². The van der Waals surface area contributed by atoms with Crippen LogP contribution in [0.25, 0.3) is 0 Å². The minimum atomic E-state index is 0.0459. The molecule has 0 aliphatic heterocycles. The summed E-state index contributed by atoms with van der Waals surface area (Å²) in [6.45, 7) is 11.5. The van der Waals surface area contributed by atoms with Crippen molar-refractivity contribution in [3.05, 3.63) is 11.9 Å². The summed E-state index contributed by atoms with van der Waals surface area (Å²) in [5.74, 6) is 2.00. The van der Waals surface area contributed by atoms with Crippen molar-refractivity contribution in [2.24, 2.45) is 0 Å². The van der Waals surface area contributed by atoms with Gasteiger partial charge in [0.05, 0.1) is 0 Å². The van der Waals surface area contributed by atoms with E-state index in [9.17, 15) is 4.79 Å². The van der Waals surface area contributed by atoms with E-state index in [1.807, 2.05) is 20.8 Å². The van der Waals surface area contributed by atoms with E-state index in [1.165, 1.54) is 0 Å². The van der Waals surface area contributed by atoms with Gasteiger partial charge in [-0.1, -0.05) is 13.8 Å². The Morgan fingerprint density at radius 2 is 1.76 bits per heavy atom. The van der Waals surface area contributed by atoms with Crippen LogP contribution in [0.3, 0.4) is 0 Å². The molecule has 6 nitrogen and oxygen atoms in total. The highest BCUT2D eigenvalue weighted by Gasteiger charge is 2.14. The van der Waals surface area contributed by atoms with Gasteiger partial charge in [-0.3, -0.25) is 4.79 Å². The van der Waals surface area contributed by atoms with E-state index in [0.717, 1.165) is 23.7 Å². The summed E-state index contributed by atoms with van der Waals surface area (Å²) in [4.78, 5) is 20.2. The summed E-state index contributed by atoms with van der Waals surface area (Å²) in [7, 11) is 0. The number of nitrogens with one attached hydrogen (secondary N) is 3. The van der Waals surface area contributed by atoms with E-state index in [-0.39, 0.29) is 11.9 Å². The highest BCUT2D eigenvalue weighted by Crippen LogP contribution is 2.28. The second-order valence-electron chi connectivity index (χ2n) is 5.57. The maximum absolute atomic E-state index is 11.6. The molecule has 0 bridgehead atoms. The summed E-state index contributed by atoms with van der Waals surface area (Å²) in [5, 5.41) is 9.37. The highest BCUT2D eigenvalue weighted by molar-refractivity contribution is 5.76. The fourth-order valence-electron chi connectivity index (χ4n) is 2.08. The van der Waals surface area contributed by atoms with Gasteiger partial charge in [-0.05, 0) is 26.7 Å². The molecular weight excluding hydrogens is 266 g/mol. The van der Waals surface area contributed by atoms with Crippen LogP contribution >= 0.6 is 0 Å². The van der Waals surface area contributed by atoms with E-state index in [2.05, 4.69) is 39.8 Å². The molecule has 1 amide bonds. The van der Waals surface area contributed by atoms with Gasteiger partial charge in [-0.25, -0.2) is 9.97 Å². The fraction of sp³-hybridized carbons (Fsp3) is 0.667. The summed E-state index contributed by atoms with van der Waals surface area (Å²) in [6, 6.07) is 0.170. The third-order valence-corrected chi connectivity index (χ3v) is 2.90. The third-order valence-electron chi connectivity index (χ3n) is 2.90. The first kappa shape index (κ1) is 17.2. The Morgan fingerprint density at radius 1 is 1.14 bits per heavy atom. The number of amides is 1. The second kappa shape index (κ2) is 8.44. The molecule has 0 aliphatic rings. The maximum atomic E-state index is 11.6. The number of hydrogen-bond donors (Lipinski definition) is 3. The maximum Gasteiger partial charge on any atom is 0.221 e. The molecule has 0 atom stereocenters. The molecule has 0 saturated carbocycles. The van der Waals surface area contributed by atoms with Crippen LogP contribution in [0.5, 0.6) is 0 Å². The minimum Gasteiger partial charge on any atom is -0.370 e. The first-order valence-corrected chi connectivity index (χ1v) is 7.57. The van der Waals surface area contributed by atoms with Crippen LogP contribution in [0.4, 0.5) is 11.6 Å². The van der Waals surface area contributed by atoms with Gasteiger partial charge in [0.15, 0.2) is 0 Å². The second-order valence-corrected chi connectivity index (χ2v) is 5.57. The van der Waals surface area contributed by atoms with Gasteiger partial charge >= 0.3 is 0 Å². The largest absolute Gasteiger partial charge is 0.370 e. The molecule has 118 valence electrons. The van der Waals surface area contributed by atoms with Crippen LogP contribution in [-0.4, -0.2) is 35.0 Å². The van der Waals surface area contributed by atoms with Gasteiger partial charge in [0.1, 0.15) is 18.0 Å². The lowest BCUT2D eigenvalue weighted by Crippen LogP contribution is -2.31. The van der Waals surface area contributed by atoms with Crippen LogP contribution < -0.4 is 16.0 Å². The lowest BCUT2D eigenvalue weighted by atomic mass is 10.0. The summed E-state index contributed by atoms with van der Waals surface area (Å²) in [6.07, 6.45) is 1.97. The van der Waals surface area contributed by atoms with Gasteiger partial charge in [0.25, 0.3) is 0 Å². The molecule has 0 spiro atoms. The van der Waals surface area contributed by atoms with Crippen molar-refractivity contribution in [3.8, 4) is 0 Å². The van der Waals surface area contributed by atoms with Crippen molar-refractivity contribution < 1.29 is 4.79 Å². The molecule has 3 N–H and O–H groups in total. The topological polar surface area (TPSA) is 78.9 Å². The smallest absolute Gasteiger partial charge is 0.221 e. The molecule has 0 unspecified atom stereocenters. The van der Waals surface area contributed by atoms with E-state index >= 15 is 0 Å². The number of rotatable bonds is 8. The SMILES string of the molecule is CCNc1ncnc(NCCC(=O)NC(C)C)c1C(C)C. The van der Waals surface area contributed by atoms with Gasteiger partial charge in [-0.2, -0.15) is 0 Å². The van der Waals surface area contributed by atoms with Gasteiger partial charge in [-0.15, -0.1) is 0 Å². The molecule has 0 saturated heterocycles. The molecule has 1 rings (SSSR count). The number of carbonyl (C=O) groups is 1. The quantitative estimate of drug-likeness (QED) is 0.685. The van der Waals surface area contributed by atoms with Crippen molar-refractivity contribution >= 4 is 17.5 Å². The van der Waals surface area contributed by atoms with Crippen LogP contribution in [0, 0.1) is 0 Å². The molecule has 0 radical (unpaired) electrons. The average molecular weight is 293 g/mol. The van der Waals surface area contributed by atoms with Crippen molar-refractivity contribution in [1.29, 1.82) is 0 Å². The Kier molecular flexibility index (Phi) is 6.91. The van der Waals surface area contributed by atoms with Crippen molar-refractivity contribution in [3.63, 3.8) is 0 Å². The Hall–Kier alpha value is -1.85. The first-order valence-electron chi connectivity index (χ1n) is 7.57. The number of nitrogens with zero attached hydrogens (tertiary/aromatic N) is 2. The fourth-order valence-corrected chi connectivity index (χ4v) is 2.08. The Morgan fingerprint density at radius 3 is 2.29 bits per heavy atom. The molecule has 1 aromatic rings. The number of hydrogen-bond acceptors (Lipinski definition) is 5. The molecule has 1 aromatic heterocycles. The predicted molar refractivity (Wildman–Crippen MR) is 86.7 cm³/mol. The standard InChI is InChI=1S/C15H27N5O/c1-6-16-14-13(10(2)3)15(19-9-18-14)17-8-7-12(21)20-11(4)5/h9-11H,6-8H2,1-5H3,(H,20,21)(H2,16,17,18,19). The van der Waals surface area contributed by atoms with E-state index in [1.54, 1.807) is 6.33 Å². The number of aromatic nitrogens is 2. The van der Waals surface area contributed by atoms with Crippen LogP contribution in [0.15, 0.2) is 6.33 Å².